The Balaban J connectivity index is 2.20. The maximum atomic E-state index is 12.7. The van der Waals surface area contributed by atoms with Crippen LogP contribution in [0.25, 0.3) is 0 Å². The molecule has 0 saturated carbocycles. The second kappa shape index (κ2) is 6.69. The number of nitrogens with zero attached hydrogens (tertiary/aromatic N) is 2. The van der Waals surface area contributed by atoms with E-state index in [4.69, 9.17) is 4.74 Å². The highest BCUT2D eigenvalue weighted by Crippen LogP contribution is 2.32. The van der Waals surface area contributed by atoms with Crippen molar-refractivity contribution in [3.05, 3.63) is 29.3 Å². The Labute approximate surface area is 134 Å². The lowest BCUT2D eigenvalue weighted by Gasteiger charge is -2.34. The summed E-state index contributed by atoms with van der Waals surface area (Å²) in [5.41, 5.74) is 1.78. The van der Waals surface area contributed by atoms with Crippen molar-refractivity contribution in [2.75, 3.05) is 39.8 Å². The smallest absolute Gasteiger partial charge is 0.253 e. The Morgan fingerprint density at radius 3 is 2.32 bits per heavy atom. The number of likely N-dealkylation sites (N-methyl/N-ethyl adjacent to an activating group) is 1. The average molecular weight is 304 g/mol. The maximum absolute atomic E-state index is 12.7. The first-order valence-corrected chi connectivity index (χ1v) is 8.07. The first kappa shape index (κ1) is 16.8. The molecule has 0 aliphatic carbocycles. The molecule has 122 valence electrons. The highest BCUT2D eigenvalue weighted by atomic mass is 16.5. The minimum Gasteiger partial charge on any atom is -0.496 e. The Morgan fingerprint density at radius 2 is 1.82 bits per heavy atom. The van der Waals surface area contributed by atoms with Gasteiger partial charge in [0.05, 0.1) is 7.11 Å². The van der Waals surface area contributed by atoms with E-state index in [1.54, 1.807) is 7.11 Å². The fourth-order valence-electron chi connectivity index (χ4n) is 2.88. The third-order valence-corrected chi connectivity index (χ3v) is 4.36. The zero-order valence-corrected chi connectivity index (χ0v) is 14.5. The van der Waals surface area contributed by atoms with Crippen LogP contribution in [0.3, 0.4) is 0 Å². The molecule has 0 aromatic heterocycles. The van der Waals surface area contributed by atoms with Crippen molar-refractivity contribution >= 4 is 5.91 Å². The van der Waals surface area contributed by atoms with E-state index >= 15 is 0 Å². The van der Waals surface area contributed by atoms with E-state index in [9.17, 15) is 4.79 Å². The fourth-order valence-corrected chi connectivity index (χ4v) is 2.88. The predicted molar refractivity (Wildman–Crippen MR) is 89.7 cm³/mol. The zero-order valence-electron chi connectivity index (χ0n) is 14.5. The topological polar surface area (TPSA) is 32.8 Å². The third-order valence-electron chi connectivity index (χ3n) is 4.36. The summed E-state index contributed by atoms with van der Waals surface area (Å²) in [6.45, 7) is 13.2. The van der Waals surface area contributed by atoms with E-state index in [1.165, 1.54) is 0 Å². The Bertz CT molecular complexity index is 526. The molecule has 4 nitrogen and oxygen atoms in total. The molecule has 1 heterocycles. The molecule has 4 heteroatoms. The van der Waals surface area contributed by atoms with Crippen LogP contribution in [0.15, 0.2) is 18.2 Å². The van der Waals surface area contributed by atoms with Gasteiger partial charge in [0.1, 0.15) is 5.75 Å². The summed E-state index contributed by atoms with van der Waals surface area (Å²) < 4.78 is 5.45. The normalized spacial score (nSPS) is 16.7. The van der Waals surface area contributed by atoms with E-state index in [0.717, 1.165) is 49.6 Å². The molecule has 1 aromatic rings. The van der Waals surface area contributed by atoms with Gasteiger partial charge in [0, 0.05) is 37.3 Å². The molecule has 1 amide bonds. The van der Waals surface area contributed by atoms with E-state index in [0.29, 0.717) is 0 Å². The molecule has 2 rings (SSSR count). The second-order valence-corrected chi connectivity index (χ2v) is 6.89. The van der Waals surface area contributed by atoms with Gasteiger partial charge in [-0.3, -0.25) is 4.79 Å². The number of methoxy groups -OCH3 is 1. The minimum absolute atomic E-state index is 0.0530. The number of amides is 1. The molecule has 0 radical (unpaired) electrons. The van der Waals surface area contributed by atoms with Crippen molar-refractivity contribution < 1.29 is 9.53 Å². The van der Waals surface area contributed by atoms with Crippen molar-refractivity contribution in [3.8, 4) is 5.75 Å². The molecule has 1 aliphatic heterocycles. The number of carbonyl (C=O) groups is 1. The maximum Gasteiger partial charge on any atom is 0.253 e. The first-order chi connectivity index (χ1) is 10.4. The summed E-state index contributed by atoms with van der Waals surface area (Å²) >= 11 is 0. The molecule has 1 saturated heterocycles. The van der Waals surface area contributed by atoms with Gasteiger partial charge in [-0.05, 0) is 30.2 Å². The Kier molecular flexibility index (Phi) is 5.12. The molecule has 0 bridgehead atoms. The number of hydrogen-bond acceptors (Lipinski definition) is 3. The van der Waals surface area contributed by atoms with Gasteiger partial charge in [-0.1, -0.05) is 27.7 Å². The van der Waals surface area contributed by atoms with Crippen molar-refractivity contribution in [2.45, 2.75) is 33.1 Å². The first-order valence-electron chi connectivity index (χ1n) is 8.07. The van der Waals surface area contributed by atoms with Gasteiger partial charge in [-0.15, -0.1) is 0 Å². The monoisotopic (exact) mass is 304 g/mol. The van der Waals surface area contributed by atoms with Crippen LogP contribution in [0.5, 0.6) is 5.75 Å². The van der Waals surface area contributed by atoms with Crippen LogP contribution in [0, 0.1) is 0 Å². The molecule has 22 heavy (non-hydrogen) atoms. The minimum atomic E-state index is -0.0530. The van der Waals surface area contributed by atoms with Gasteiger partial charge in [-0.25, -0.2) is 0 Å². The largest absolute Gasteiger partial charge is 0.496 e. The SMILES string of the molecule is CCN1CCN(C(=O)c2ccc(OC)c(C(C)(C)C)c2)CC1. The van der Waals surface area contributed by atoms with Crippen LogP contribution < -0.4 is 4.74 Å². The Hall–Kier alpha value is -1.55. The molecule has 0 atom stereocenters. The number of benzene rings is 1. The quantitative estimate of drug-likeness (QED) is 0.861. The highest BCUT2D eigenvalue weighted by molar-refractivity contribution is 5.94. The number of ether oxygens (including phenoxy) is 1. The van der Waals surface area contributed by atoms with Crippen LogP contribution in [-0.4, -0.2) is 55.5 Å². The molecule has 0 N–H and O–H groups in total. The summed E-state index contributed by atoms with van der Waals surface area (Å²) in [4.78, 5) is 17.1. The second-order valence-electron chi connectivity index (χ2n) is 6.89. The molecule has 0 spiro atoms. The molecular weight excluding hydrogens is 276 g/mol. The predicted octanol–water partition coefficient (Wildman–Crippen LogP) is 2.77. The van der Waals surface area contributed by atoms with Crippen molar-refractivity contribution in [1.29, 1.82) is 0 Å². The summed E-state index contributed by atoms with van der Waals surface area (Å²) in [6.07, 6.45) is 0. The third kappa shape index (κ3) is 3.61. The summed E-state index contributed by atoms with van der Waals surface area (Å²) in [5.74, 6) is 0.976. The zero-order chi connectivity index (χ0) is 16.3. The standard InChI is InChI=1S/C18H28N2O2/c1-6-19-9-11-20(12-10-19)17(21)14-7-8-16(22-5)15(13-14)18(2,3)4/h7-8,13H,6,9-12H2,1-5H3. The van der Waals surface area contributed by atoms with E-state index in [2.05, 4.69) is 32.6 Å². The Morgan fingerprint density at radius 1 is 1.18 bits per heavy atom. The van der Waals surface area contributed by atoms with Gasteiger partial charge in [0.2, 0.25) is 0 Å². The van der Waals surface area contributed by atoms with Crippen LogP contribution in [0.4, 0.5) is 0 Å². The van der Waals surface area contributed by atoms with Gasteiger partial charge < -0.3 is 14.5 Å². The lowest BCUT2D eigenvalue weighted by molar-refractivity contribution is 0.0643. The van der Waals surface area contributed by atoms with Gasteiger partial charge in [0.15, 0.2) is 0 Å². The number of rotatable bonds is 3. The molecule has 0 unspecified atom stereocenters. The molecule has 1 fully saturated rings. The van der Waals surface area contributed by atoms with Crippen LogP contribution >= 0.6 is 0 Å². The number of hydrogen-bond donors (Lipinski definition) is 0. The molecule has 1 aliphatic rings. The van der Waals surface area contributed by atoms with E-state index in [1.807, 2.05) is 23.1 Å². The lowest BCUT2D eigenvalue weighted by Crippen LogP contribution is -2.48. The van der Waals surface area contributed by atoms with Crippen LogP contribution in [-0.2, 0) is 5.41 Å². The summed E-state index contributed by atoms with van der Waals surface area (Å²) in [6, 6.07) is 5.78. The summed E-state index contributed by atoms with van der Waals surface area (Å²) in [5, 5.41) is 0. The van der Waals surface area contributed by atoms with E-state index < -0.39 is 0 Å². The van der Waals surface area contributed by atoms with Crippen LogP contribution in [0.2, 0.25) is 0 Å². The van der Waals surface area contributed by atoms with Gasteiger partial charge >= 0.3 is 0 Å². The van der Waals surface area contributed by atoms with Gasteiger partial charge in [-0.2, -0.15) is 0 Å². The highest BCUT2D eigenvalue weighted by Gasteiger charge is 2.24. The molecular formula is C18H28N2O2. The van der Waals surface area contributed by atoms with Crippen molar-refractivity contribution in [1.82, 2.24) is 9.80 Å². The number of carbonyl (C=O) groups excluding carboxylic acids is 1. The van der Waals surface area contributed by atoms with Crippen LogP contribution in [0.1, 0.15) is 43.6 Å². The average Bonchev–Trinajstić information content (AvgIpc) is 2.52. The summed E-state index contributed by atoms with van der Waals surface area (Å²) in [7, 11) is 1.68. The van der Waals surface area contributed by atoms with E-state index in [-0.39, 0.29) is 11.3 Å². The fraction of sp³-hybridized carbons (Fsp3) is 0.611. The molecule has 1 aromatic carbocycles. The van der Waals surface area contributed by atoms with Gasteiger partial charge in [0.25, 0.3) is 5.91 Å². The van der Waals surface area contributed by atoms with Crippen molar-refractivity contribution in [2.24, 2.45) is 0 Å². The van der Waals surface area contributed by atoms with Crippen molar-refractivity contribution in [3.63, 3.8) is 0 Å². The number of piperazine rings is 1. The lowest BCUT2D eigenvalue weighted by atomic mass is 9.85.